The summed E-state index contributed by atoms with van der Waals surface area (Å²) in [5.41, 5.74) is 10.1. The van der Waals surface area contributed by atoms with E-state index in [4.69, 9.17) is 15.6 Å². The maximum Gasteiger partial charge on any atom is 0.586 e. The van der Waals surface area contributed by atoms with E-state index >= 15 is 0 Å². The van der Waals surface area contributed by atoms with Gasteiger partial charge in [-0.25, -0.2) is 4.68 Å². The highest BCUT2D eigenvalue weighted by Crippen LogP contribution is 2.43. The Balaban J connectivity index is 1.29. The zero-order valence-corrected chi connectivity index (χ0v) is 22.3. The minimum absolute atomic E-state index is 0.0963. The van der Waals surface area contributed by atoms with Crippen molar-refractivity contribution in [2.75, 3.05) is 11.9 Å². The van der Waals surface area contributed by atoms with Crippen LogP contribution in [0.15, 0.2) is 66.7 Å². The van der Waals surface area contributed by atoms with Crippen molar-refractivity contribution in [1.29, 1.82) is 0 Å². The molecule has 2 aliphatic rings. The van der Waals surface area contributed by atoms with Gasteiger partial charge in [-0.3, -0.25) is 9.59 Å². The van der Waals surface area contributed by atoms with E-state index in [2.05, 4.69) is 9.47 Å². The van der Waals surface area contributed by atoms with Crippen LogP contribution in [0.2, 0.25) is 0 Å². The van der Waals surface area contributed by atoms with Gasteiger partial charge in [-0.2, -0.15) is 5.10 Å². The number of benzene rings is 3. The van der Waals surface area contributed by atoms with E-state index in [1.807, 2.05) is 17.7 Å². The van der Waals surface area contributed by atoms with Gasteiger partial charge >= 0.3 is 6.29 Å². The van der Waals surface area contributed by atoms with Crippen molar-refractivity contribution >= 4 is 17.5 Å². The zero-order valence-electron chi connectivity index (χ0n) is 22.3. The molecule has 0 saturated carbocycles. The lowest BCUT2D eigenvalue weighted by Crippen LogP contribution is -2.26. The summed E-state index contributed by atoms with van der Waals surface area (Å²) in [4.78, 5) is 26.2. The lowest BCUT2D eigenvalue weighted by molar-refractivity contribution is -0.286. The summed E-state index contributed by atoms with van der Waals surface area (Å²) in [7, 11) is 1.55. The van der Waals surface area contributed by atoms with Crippen LogP contribution >= 0.6 is 0 Å². The lowest BCUT2D eigenvalue weighted by atomic mass is 9.93. The maximum atomic E-state index is 13.5. The summed E-state index contributed by atoms with van der Waals surface area (Å²) in [6, 6.07) is 17.9. The number of nitrogens with zero attached hydrogens (tertiary/aromatic N) is 3. The summed E-state index contributed by atoms with van der Waals surface area (Å²) >= 11 is 0. The third-order valence-electron chi connectivity index (χ3n) is 7.25. The molecule has 1 unspecified atom stereocenters. The van der Waals surface area contributed by atoms with Gasteiger partial charge in [0, 0.05) is 35.5 Å². The van der Waals surface area contributed by atoms with Crippen molar-refractivity contribution in [3.63, 3.8) is 0 Å². The Kier molecular flexibility index (Phi) is 6.36. The predicted molar refractivity (Wildman–Crippen MR) is 145 cm³/mol. The fourth-order valence-corrected chi connectivity index (χ4v) is 5.22. The Morgan fingerprint density at radius 3 is 2.56 bits per heavy atom. The quantitative estimate of drug-likeness (QED) is 0.341. The number of fused-ring (bicyclic) bond motifs is 2. The van der Waals surface area contributed by atoms with Crippen molar-refractivity contribution in [3.8, 4) is 22.9 Å². The molecule has 2 N–H and O–H groups in total. The second-order valence-corrected chi connectivity index (χ2v) is 9.96. The normalized spacial score (nSPS) is 16.6. The number of ether oxygens (including phenoxy) is 3. The molecular formula is C30H26F2N4O5. The summed E-state index contributed by atoms with van der Waals surface area (Å²) in [5.74, 6) is -0.496. The van der Waals surface area contributed by atoms with Gasteiger partial charge < -0.3 is 24.8 Å². The third-order valence-corrected chi connectivity index (χ3v) is 7.25. The van der Waals surface area contributed by atoms with Crippen molar-refractivity contribution in [2.45, 2.75) is 38.6 Å². The topological polar surface area (TPSA) is 109 Å². The van der Waals surface area contributed by atoms with E-state index in [-0.39, 0.29) is 23.5 Å². The Bertz CT molecular complexity index is 1670. The molecule has 0 spiro atoms. The molecule has 0 bridgehead atoms. The van der Waals surface area contributed by atoms with Crippen LogP contribution in [-0.2, 0) is 6.42 Å². The number of rotatable bonds is 6. The molecule has 4 aromatic rings. The first-order chi connectivity index (χ1) is 19.6. The average molecular weight is 561 g/mol. The van der Waals surface area contributed by atoms with Gasteiger partial charge in [0.15, 0.2) is 11.5 Å². The monoisotopic (exact) mass is 560 g/mol. The number of primary amides is 1. The minimum Gasteiger partial charge on any atom is -0.484 e. The first-order valence-corrected chi connectivity index (χ1v) is 13.0. The van der Waals surface area contributed by atoms with Gasteiger partial charge in [0.25, 0.3) is 5.91 Å². The highest BCUT2D eigenvalue weighted by Gasteiger charge is 2.43. The number of amides is 2. The van der Waals surface area contributed by atoms with Crippen molar-refractivity contribution in [2.24, 2.45) is 5.73 Å². The van der Waals surface area contributed by atoms with E-state index in [0.29, 0.717) is 28.3 Å². The molecule has 1 aliphatic heterocycles. The largest absolute Gasteiger partial charge is 0.586 e. The Morgan fingerprint density at radius 1 is 1.05 bits per heavy atom. The first kappa shape index (κ1) is 26.3. The van der Waals surface area contributed by atoms with E-state index in [9.17, 15) is 18.4 Å². The van der Waals surface area contributed by atoms with Crippen LogP contribution in [0.25, 0.3) is 5.69 Å². The van der Waals surface area contributed by atoms with Gasteiger partial charge in [-0.1, -0.05) is 6.07 Å². The molecule has 11 heteroatoms. The lowest BCUT2D eigenvalue weighted by Gasteiger charge is -2.26. The molecule has 0 saturated heterocycles. The van der Waals surface area contributed by atoms with Gasteiger partial charge in [-0.15, -0.1) is 8.78 Å². The highest BCUT2D eigenvalue weighted by molar-refractivity contribution is 6.06. The van der Waals surface area contributed by atoms with E-state index in [1.165, 1.54) is 23.1 Å². The summed E-state index contributed by atoms with van der Waals surface area (Å²) in [6.45, 7) is 1.95. The van der Waals surface area contributed by atoms with Crippen molar-refractivity contribution < 1.29 is 32.6 Å². The predicted octanol–water partition coefficient (Wildman–Crippen LogP) is 5.33. The standard InChI is InChI=1S/C30H26F2N4O5/c1-17-23-7-4-8-25(39-22-12-9-18(10-13-22)28(33)37)27(23)36(34-17)21-6-3-5-19(15-21)29(38)35(2)20-11-14-24-26(16-20)41-30(31,32)40-24/h3,5-6,9-16,25H,4,7-8H2,1-2H3,(H2,33,37). The fraction of sp³-hybridized carbons (Fsp3) is 0.233. The van der Waals surface area contributed by atoms with Crippen molar-refractivity contribution in [1.82, 2.24) is 9.78 Å². The molecule has 41 heavy (non-hydrogen) atoms. The molecule has 1 aromatic heterocycles. The molecule has 2 heterocycles. The molecule has 0 radical (unpaired) electrons. The van der Waals surface area contributed by atoms with Gasteiger partial charge in [0.2, 0.25) is 5.91 Å². The van der Waals surface area contributed by atoms with Crippen molar-refractivity contribution in [3.05, 3.63) is 94.8 Å². The molecule has 1 aliphatic carbocycles. The van der Waals surface area contributed by atoms with Crippen LogP contribution < -0.4 is 24.8 Å². The molecule has 1 atom stereocenters. The number of alkyl halides is 2. The minimum atomic E-state index is -3.74. The number of hydrogen-bond acceptors (Lipinski definition) is 6. The van der Waals surface area contributed by atoms with Gasteiger partial charge in [0.1, 0.15) is 11.9 Å². The number of halogens is 2. The van der Waals surface area contributed by atoms with Gasteiger partial charge in [0.05, 0.1) is 17.1 Å². The Morgan fingerprint density at radius 2 is 1.80 bits per heavy atom. The molecule has 210 valence electrons. The van der Waals surface area contributed by atoms with Crippen LogP contribution in [0, 0.1) is 6.92 Å². The van der Waals surface area contributed by atoms with Crippen LogP contribution in [0.5, 0.6) is 17.2 Å². The Labute approximate surface area is 234 Å². The summed E-state index contributed by atoms with van der Waals surface area (Å²) < 4.78 is 44.1. The van der Waals surface area contributed by atoms with Gasteiger partial charge in [-0.05, 0) is 80.8 Å². The molecule has 2 amide bonds. The van der Waals surface area contributed by atoms with Crippen LogP contribution in [0.4, 0.5) is 14.5 Å². The second-order valence-electron chi connectivity index (χ2n) is 9.96. The summed E-state index contributed by atoms with van der Waals surface area (Å²) in [6.07, 6.45) is -1.50. The van der Waals surface area contributed by atoms with E-state index < -0.39 is 12.2 Å². The SMILES string of the molecule is Cc1nn(-c2cccc(C(=O)N(C)c3ccc4c(c3)OC(F)(F)O4)c2)c2c1CCCC2Oc1ccc(C(N)=O)cc1. The number of carbonyl (C=O) groups excluding carboxylic acids is 2. The summed E-state index contributed by atoms with van der Waals surface area (Å²) in [5, 5.41) is 4.80. The number of aryl methyl sites for hydroxylation is 1. The zero-order chi connectivity index (χ0) is 28.9. The van der Waals surface area contributed by atoms with Crippen LogP contribution in [0.3, 0.4) is 0 Å². The number of carbonyl (C=O) groups is 2. The second kappa shape index (κ2) is 9.92. The average Bonchev–Trinajstić information content (AvgIpc) is 3.47. The first-order valence-electron chi connectivity index (χ1n) is 13.0. The molecule has 9 nitrogen and oxygen atoms in total. The number of anilines is 1. The number of aromatic nitrogens is 2. The van der Waals surface area contributed by atoms with E-state index in [0.717, 1.165) is 36.2 Å². The fourth-order valence-electron chi connectivity index (χ4n) is 5.22. The molecular weight excluding hydrogens is 534 g/mol. The molecule has 0 fully saturated rings. The number of nitrogens with two attached hydrogens (primary N) is 1. The third kappa shape index (κ3) is 4.94. The van der Waals surface area contributed by atoms with Crippen LogP contribution in [-0.4, -0.2) is 34.9 Å². The molecule has 6 rings (SSSR count). The van der Waals surface area contributed by atoms with E-state index in [1.54, 1.807) is 49.5 Å². The van der Waals surface area contributed by atoms with Crippen LogP contribution in [0.1, 0.15) is 56.6 Å². The highest BCUT2D eigenvalue weighted by atomic mass is 19.3. The smallest absolute Gasteiger partial charge is 0.484 e. The number of hydrogen-bond donors (Lipinski definition) is 1. The molecule has 3 aromatic carbocycles. The Hall–Kier alpha value is -4.93. The maximum absolute atomic E-state index is 13.5.